The summed E-state index contributed by atoms with van der Waals surface area (Å²) in [6, 6.07) is -1.67. The summed E-state index contributed by atoms with van der Waals surface area (Å²) < 4.78 is 5.28. The van der Waals surface area contributed by atoms with Gasteiger partial charge in [0, 0.05) is 37.2 Å². The first-order chi connectivity index (χ1) is 17.1. The Kier molecular flexibility index (Phi) is 9.16. The summed E-state index contributed by atoms with van der Waals surface area (Å²) >= 11 is 0. The first-order valence-electron chi connectivity index (χ1n) is 12.8. The van der Waals surface area contributed by atoms with Gasteiger partial charge in [0.05, 0.1) is 18.9 Å². The number of ether oxygens (including phenoxy) is 1. The number of hydrogen-bond donors (Lipinski definition) is 2. The van der Waals surface area contributed by atoms with Gasteiger partial charge in [-0.05, 0) is 37.5 Å². The van der Waals surface area contributed by atoms with Crippen LogP contribution in [0.2, 0.25) is 0 Å². The molecule has 0 aromatic carbocycles. The number of esters is 1. The summed E-state index contributed by atoms with van der Waals surface area (Å²) in [4.78, 5) is 62.1. The lowest BCUT2D eigenvalue weighted by Crippen LogP contribution is -2.56. The number of amides is 2. The lowest BCUT2D eigenvalue weighted by Gasteiger charge is -2.32. The molecule has 1 aromatic heterocycles. The summed E-state index contributed by atoms with van der Waals surface area (Å²) in [6.45, 7) is 9.49. The number of hydrogen-bond acceptors (Lipinski definition) is 8. The molecule has 10 heteroatoms. The molecule has 2 N–H and O–H groups in total. The van der Waals surface area contributed by atoms with Crippen LogP contribution in [0.4, 0.5) is 0 Å². The molecule has 2 amide bonds. The molecule has 1 saturated heterocycles. The van der Waals surface area contributed by atoms with Crippen LogP contribution in [0.15, 0.2) is 18.6 Å². The van der Waals surface area contributed by atoms with E-state index in [4.69, 9.17) is 4.74 Å². The lowest BCUT2D eigenvalue weighted by molar-refractivity contribution is -0.155. The molecule has 2 fully saturated rings. The molecular formula is C26H38N4O6. The number of aliphatic hydroxyl groups excluding tert-OH is 1. The first-order valence-corrected chi connectivity index (χ1v) is 12.8. The molecule has 6 atom stereocenters. The summed E-state index contributed by atoms with van der Waals surface area (Å²) in [5.41, 5.74) is 0.187. The minimum atomic E-state index is -0.890. The van der Waals surface area contributed by atoms with Crippen LogP contribution in [0.1, 0.15) is 64.4 Å². The molecular weight excluding hydrogens is 464 g/mol. The fourth-order valence-corrected chi connectivity index (χ4v) is 5.39. The Bertz CT molecular complexity index is 953. The van der Waals surface area contributed by atoms with Crippen molar-refractivity contribution in [3.8, 4) is 0 Å². The van der Waals surface area contributed by atoms with Gasteiger partial charge in [0.25, 0.3) is 0 Å². The summed E-state index contributed by atoms with van der Waals surface area (Å²) in [5, 5.41) is 13.3. The van der Waals surface area contributed by atoms with Crippen molar-refractivity contribution in [2.75, 3.05) is 13.2 Å². The average molecular weight is 503 g/mol. The predicted octanol–water partition coefficient (Wildman–Crippen LogP) is 1.62. The molecule has 1 unspecified atom stereocenters. The van der Waals surface area contributed by atoms with E-state index in [2.05, 4.69) is 15.3 Å². The van der Waals surface area contributed by atoms with Crippen molar-refractivity contribution in [1.82, 2.24) is 20.2 Å². The quantitative estimate of drug-likeness (QED) is 0.364. The third kappa shape index (κ3) is 5.91. The third-order valence-electron chi connectivity index (χ3n) is 7.43. The molecule has 2 aliphatic rings. The maximum Gasteiger partial charge on any atom is 0.329 e. The average Bonchev–Trinajstić information content (AvgIpc) is 3.40. The molecule has 0 bridgehead atoms. The molecule has 1 aromatic rings. The van der Waals surface area contributed by atoms with Gasteiger partial charge < -0.3 is 20.1 Å². The van der Waals surface area contributed by atoms with Gasteiger partial charge in [0.1, 0.15) is 17.8 Å². The monoisotopic (exact) mass is 502 g/mol. The van der Waals surface area contributed by atoms with Crippen molar-refractivity contribution < 1.29 is 29.0 Å². The van der Waals surface area contributed by atoms with Gasteiger partial charge in [0.2, 0.25) is 11.8 Å². The Morgan fingerprint density at radius 2 is 1.83 bits per heavy atom. The van der Waals surface area contributed by atoms with Gasteiger partial charge in [-0.3, -0.25) is 19.4 Å². The molecule has 1 saturated carbocycles. The first kappa shape index (κ1) is 27.7. The normalized spacial score (nSPS) is 24.9. The lowest BCUT2D eigenvalue weighted by atomic mass is 9.88. The highest BCUT2D eigenvalue weighted by molar-refractivity contribution is 5.98. The van der Waals surface area contributed by atoms with Gasteiger partial charge in [0.15, 0.2) is 5.78 Å². The van der Waals surface area contributed by atoms with Crippen molar-refractivity contribution in [3.63, 3.8) is 0 Å². The fraction of sp³-hybridized carbons (Fsp3) is 0.692. The number of aliphatic hydroxyl groups is 1. The Morgan fingerprint density at radius 3 is 2.42 bits per heavy atom. The smallest absolute Gasteiger partial charge is 0.329 e. The zero-order chi connectivity index (χ0) is 26.6. The van der Waals surface area contributed by atoms with Crippen molar-refractivity contribution >= 4 is 23.6 Å². The highest BCUT2D eigenvalue weighted by Crippen LogP contribution is 2.43. The summed E-state index contributed by atoms with van der Waals surface area (Å²) in [6.07, 6.45) is 4.85. The molecule has 10 nitrogen and oxygen atoms in total. The number of carbonyl (C=O) groups is 4. The number of aromatic nitrogens is 2. The van der Waals surface area contributed by atoms with E-state index in [1.807, 2.05) is 27.7 Å². The number of fused-ring (bicyclic) bond motifs is 1. The largest absolute Gasteiger partial charge is 0.464 e. The second-order valence-electron chi connectivity index (χ2n) is 10.5. The number of likely N-dealkylation sites (tertiary alicyclic amines) is 1. The highest BCUT2D eigenvalue weighted by Gasteiger charge is 2.54. The predicted molar refractivity (Wildman–Crippen MR) is 130 cm³/mol. The SMILES string of the molecule is CCOC(=O)[C@@H]1[C@H]2CCC(O)[C@H]2CN1C(=O)[C@@H](NC(=O)[C@H](CC(=O)c1cnccn1)C(C)C)C(C)C. The van der Waals surface area contributed by atoms with Crippen LogP contribution in [0.5, 0.6) is 0 Å². The summed E-state index contributed by atoms with van der Waals surface area (Å²) in [7, 11) is 0. The van der Waals surface area contributed by atoms with Crippen LogP contribution in [-0.4, -0.2) is 74.9 Å². The van der Waals surface area contributed by atoms with E-state index in [0.29, 0.717) is 12.8 Å². The van der Waals surface area contributed by atoms with Gasteiger partial charge in [-0.1, -0.05) is 27.7 Å². The molecule has 36 heavy (non-hydrogen) atoms. The maximum atomic E-state index is 13.8. The minimum Gasteiger partial charge on any atom is -0.464 e. The number of nitrogens with zero attached hydrogens (tertiary/aromatic N) is 3. The fourth-order valence-electron chi connectivity index (χ4n) is 5.39. The van der Waals surface area contributed by atoms with E-state index in [1.165, 1.54) is 23.5 Å². The second kappa shape index (κ2) is 11.9. The van der Waals surface area contributed by atoms with Crippen molar-refractivity contribution in [3.05, 3.63) is 24.3 Å². The second-order valence-corrected chi connectivity index (χ2v) is 10.5. The molecule has 198 valence electrons. The molecule has 3 rings (SSSR count). The molecule has 0 spiro atoms. The number of carbonyl (C=O) groups excluding carboxylic acids is 4. The standard InChI is InChI=1S/C26H38N4O6/c1-6-36-26(35)23-16-7-8-20(31)18(16)13-30(23)25(34)22(15(4)5)29-24(33)17(14(2)3)11-21(32)19-12-27-9-10-28-19/h9-10,12,14-18,20,22-23,31H,6-8,11,13H2,1-5H3,(H,29,33)/t16-,17+,18-,20?,22-,23-/m0/s1. The third-order valence-corrected chi connectivity index (χ3v) is 7.43. The molecule has 1 aliphatic carbocycles. The number of Topliss-reactive ketones (excluding diaryl/α,β-unsaturated/α-hetero) is 1. The Morgan fingerprint density at radius 1 is 1.11 bits per heavy atom. The van der Waals surface area contributed by atoms with E-state index in [-0.39, 0.29) is 60.6 Å². The van der Waals surface area contributed by atoms with Crippen LogP contribution in [0.3, 0.4) is 0 Å². The van der Waals surface area contributed by atoms with Gasteiger partial charge >= 0.3 is 5.97 Å². The Hall–Kier alpha value is -2.88. The topological polar surface area (TPSA) is 139 Å². The highest BCUT2D eigenvalue weighted by atomic mass is 16.5. The Labute approximate surface area is 212 Å². The Balaban J connectivity index is 1.78. The van der Waals surface area contributed by atoms with E-state index in [0.717, 1.165) is 0 Å². The van der Waals surface area contributed by atoms with Crippen molar-refractivity contribution in [2.45, 2.75) is 72.1 Å². The number of ketones is 1. The molecule has 1 aliphatic heterocycles. The van der Waals surface area contributed by atoms with Gasteiger partial charge in [-0.15, -0.1) is 0 Å². The van der Waals surface area contributed by atoms with Crippen molar-refractivity contribution in [2.24, 2.45) is 29.6 Å². The van der Waals surface area contributed by atoms with E-state index >= 15 is 0 Å². The number of nitrogens with one attached hydrogen (secondary N) is 1. The van der Waals surface area contributed by atoms with Crippen LogP contribution >= 0.6 is 0 Å². The van der Waals surface area contributed by atoms with Gasteiger partial charge in [-0.2, -0.15) is 0 Å². The van der Waals surface area contributed by atoms with E-state index < -0.39 is 36.0 Å². The van der Waals surface area contributed by atoms with E-state index in [1.54, 1.807) is 6.92 Å². The number of rotatable bonds is 10. The maximum absolute atomic E-state index is 13.8. The minimum absolute atomic E-state index is 0.0628. The zero-order valence-electron chi connectivity index (χ0n) is 21.7. The molecule has 0 radical (unpaired) electrons. The van der Waals surface area contributed by atoms with Crippen molar-refractivity contribution in [1.29, 1.82) is 0 Å². The van der Waals surface area contributed by atoms with Crippen LogP contribution in [0.25, 0.3) is 0 Å². The van der Waals surface area contributed by atoms with E-state index in [9.17, 15) is 24.3 Å². The molecule has 2 heterocycles. The van der Waals surface area contributed by atoms with Crippen LogP contribution in [-0.2, 0) is 19.1 Å². The van der Waals surface area contributed by atoms with Crippen LogP contribution in [0, 0.1) is 29.6 Å². The van der Waals surface area contributed by atoms with Crippen LogP contribution < -0.4 is 5.32 Å². The van der Waals surface area contributed by atoms with Gasteiger partial charge in [-0.25, -0.2) is 9.78 Å². The summed E-state index contributed by atoms with van der Waals surface area (Å²) in [5.74, 6) is -3.01. The zero-order valence-corrected chi connectivity index (χ0v) is 21.7.